The fourth-order valence-electron chi connectivity index (χ4n) is 2.77. The summed E-state index contributed by atoms with van der Waals surface area (Å²) >= 11 is 0. The molecule has 2 aromatic rings. The van der Waals surface area contributed by atoms with Gasteiger partial charge in [0.05, 0.1) is 0 Å². The number of carboxylic acids is 1. The molecule has 1 aliphatic carbocycles. The first kappa shape index (κ1) is 12.7. The van der Waals surface area contributed by atoms with Crippen LogP contribution >= 0.6 is 0 Å². The Hall–Kier alpha value is -2.30. The highest BCUT2D eigenvalue weighted by atomic mass is 16.5. The lowest BCUT2D eigenvalue weighted by atomic mass is 9.94. The smallest absolute Gasteiger partial charge is 0.374 e. The predicted octanol–water partition coefficient (Wildman–Crippen LogP) is 3.01. The zero-order valence-electron chi connectivity index (χ0n) is 10.9. The van der Waals surface area contributed by atoms with E-state index in [1.165, 1.54) is 11.6 Å². The topological polar surface area (TPSA) is 83.6 Å². The van der Waals surface area contributed by atoms with Gasteiger partial charge in [0.15, 0.2) is 0 Å². The SMILES string of the molecule is O=C(O)c1cc(-c2c(O)ccc3c2CCCCC3)no1. The van der Waals surface area contributed by atoms with Crippen molar-refractivity contribution in [2.24, 2.45) is 0 Å². The third kappa shape index (κ3) is 2.15. The second-order valence-electron chi connectivity index (χ2n) is 5.04. The Bertz CT molecular complexity index is 660. The van der Waals surface area contributed by atoms with Crippen LogP contribution in [0.3, 0.4) is 0 Å². The van der Waals surface area contributed by atoms with Crippen molar-refractivity contribution in [2.75, 3.05) is 0 Å². The van der Waals surface area contributed by atoms with Crippen LogP contribution in [0.5, 0.6) is 5.75 Å². The van der Waals surface area contributed by atoms with Crippen LogP contribution in [-0.2, 0) is 12.8 Å². The standard InChI is InChI=1S/C15H15NO4/c17-12-7-6-9-4-2-1-3-5-10(9)14(12)11-8-13(15(18)19)20-16-11/h6-8,17H,1-5H2,(H,18,19). The van der Waals surface area contributed by atoms with Crippen molar-refractivity contribution < 1.29 is 19.5 Å². The van der Waals surface area contributed by atoms with Crippen molar-refractivity contribution in [2.45, 2.75) is 32.1 Å². The molecular formula is C15H15NO4. The van der Waals surface area contributed by atoms with Crippen LogP contribution in [0.2, 0.25) is 0 Å². The van der Waals surface area contributed by atoms with E-state index < -0.39 is 5.97 Å². The van der Waals surface area contributed by atoms with Crippen molar-refractivity contribution in [3.05, 3.63) is 35.1 Å². The zero-order valence-corrected chi connectivity index (χ0v) is 10.9. The highest BCUT2D eigenvalue weighted by Crippen LogP contribution is 2.37. The number of nitrogens with zero attached hydrogens (tertiary/aromatic N) is 1. The minimum atomic E-state index is -1.16. The van der Waals surface area contributed by atoms with E-state index in [1.807, 2.05) is 6.07 Å². The Kier molecular flexibility index (Phi) is 3.18. The summed E-state index contributed by atoms with van der Waals surface area (Å²) in [5.41, 5.74) is 3.27. The second kappa shape index (κ2) is 5.00. The first-order chi connectivity index (χ1) is 9.66. The number of aryl methyl sites for hydroxylation is 1. The molecule has 1 aromatic heterocycles. The van der Waals surface area contributed by atoms with E-state index in [4.69, 9.17) is 9.63 Å². The van der Waals surface area contributed by atoms with Crippen molar-refractivity contribution in [3.63, 3.8) is 0 Å². The quantitative estimate of drug-likeness (QED) is 0.822. The summed E-state index contributed by atoms with van der Waals surface area (Å²) in [4.78, 5) is 10.9. The average molecular weight is 273 g/mol. The minimum Gasteiger partial charge on any atom is -0.507 e. The Morgan fingerprint density at radius 1 is 1.20 bits per heavy atom. The largest absolute Gasteiger partial charge is 0.507 e. The minimum absolute atomic E-state index is 0.121. The van der Waals surface area contributed by atoms with Gasteiger partial charge >= 0.3 is 5.97 Å². The van der Waals surface area contributed by atoms with Gasteiger partial charge < -0.3 is 14.7 Å². The maximum Gasteiger partial charge on any atom is 0.374 e. The van der Waals surface area contributed by atoms with Gasteiger partial charge in [-0.1, -0.05) is 17.6 Å². The molecule has 1 aliphatic rings. The summed E-state index contributed by atoms with van der Waals surface area (Å²) in [6.45, 7) is 0. The molecule has 0 aliphatic heterocycles. The molecule has 0 saturated heterocycles. The Labute approximate surface area is 115 Å². The van der Waals surface area contributed by atoms with E-state index in [0.717, 1.165) is 37.7 Å². The molecule has 0 amide bonds. The number of rotatable bonds is 2. The zero-order chi connectivity index (χ0) is 14.1. The van der Waals surface area contributed by atoms with Gasteiger partial charge in [-0.15, -0.1) is 0 Å². The van der Waals surface area contributed by atoms with Crippen molar-refractivity contribution in [3.8, 4) is 17.0 Å². The van der Waals surface area contributed by atoms with E-state index >= 15 is 0 Å². The third-order valence-corrected chi connectivity index (χ3v) is 3.74. The van der Waals surface area contributed by atoms with Crippen LogP contribution in [0.1, 0.15) is 40.9 Å². The highest BCUT2D eigenvalue weighted by molar-refractivity contribution is 5.86. The molecule has 0 radical (unpaired) electrons. The summed E-state index contributed by atoms with van der Waals surface area (Å²) in [6, 6.07) is 4.95. The number of hydrogen-bond donors (Lipinski definition) is 2. The van der Waals surface area contributed by atoms with Crippen LogP contribution in [0.25, 0.3) is 11.3 Å². The van der Waals surface area contributed by atoms with Gasteiger partial charge in [0, 0.05) is 11.6 Å². The summed E-state index contributed by atoms with van der Waals surface area (Å²) < 4.78 is 4.80. The van der Waals surface area contributed by atoms with Crippen LogP contribution < -0.4 is 0 Å². The Morgan fingerprint density at radius 3 is 2.75 bits per heavy atom. The number of aromatic carboxylic acids is 1. The van der Waals surface area contributed by atoms with Gasteiger partial charge in [-0.3, -0.25) is 0 Å². The fourth-order valence-corrected chi connectivity index (χ4v) is 2.77. The Morgan fingerprint density at radius 2 is 2.00 bits per heavy atom. The maximum absolute atomic E-state index is 10.9. The molecule has 0 spiro atoms. The fraction of sp³-hybridized carbons (Fsp3) is 0.333. The van der Waals surface area contributed by atoms with Gasteiger partial charge in [-0.2, -0.15) is 0 Å². The monoisotopic (exact) mass is 273 g/mol. The molecule has 0 saturated carbocycles. The molecule has 1 heterocycles. The summed E-state index contributed by atoms with van der Waals surface area (Å²) in [5.74, 6) is -1.26. The maximum atomic E-state index is 10.9. The number of fused-ring (bicyclic) bond motifs is 1. The first-order valence-electron chi connectivity index (χ1n) is 6.71. The van der Waals surface area contributed by atoms with Crippen LogP contribution in [0.15, 0.2) is 22.7 Å². The molecule has 20 heavy (non-hydrogen) atoms. The predicted molar refractivity (Wildman–Crippen MR) is 71.8 cm³/mol. The van der Waals surface area contributed by atoms with Gasteiger partial charge in [0.25, 0.3) is 0 Å². The van der Waals surface area contributed by atoms with Gasteiger partial charge in [0.1, 0.15) is 11.4 Å². The molecule has 2 N–H and O–H groups in total. The van der Waals surface area contributed by atoms with Crippen molar-refractivity contribution in [1.29, 1.82) is 0 Å². The number of benzene rings is 1. The van der Waals surface area contributed by atoms with E-state index in [2.05, 4.69) is 5.16 Å². The summed E-state index contributed by atoms with van der Waals surface area (Å²) in [6.07, 6.45) is 5.21. The summed E-state index contributed by atoms with van der Waals surface area (Å²) in [5, 5.41) is 22.8. The van der Waals surface area contributed by atoms with Crippen molar-refractivity contribution in [1.82, 2.24) is 5.16 Å². The van der Waals surface area contributed by atoms with Gasteiger partial charge in [-0.25, -0.2) is 4.79 Å². The van der Waals surface area contributed by atoms with Crippen molar-refractivity contribution >= 4 is 5.97 Å². The lowest BCUT2D eigenvalue weighted by Crippen LogP contribution is -1.96. The molecule has 0 unspecified atom stereocenters. The van der Waals surface area contributed by atoms with Gasteiger partial charge in [-0.05, 0) is 42.9 Å². The molecule has 5 nitrogen and oxygen atoms in total. The number of hydrogen-bond acceptors (Lipinski definition) is 4. The number of aromatic nitrogens is 1. The number of phenols is 1. The van der Waals surface area contributed by atoms with E-state index in [0.29, 0.717) is 11.3 Å². The molecular weight excluding hydrogens is 258 g/mol. The molecule has 104 valence electrons. The lowest BCUT2D eigenvalue weighted by molar-refractivity contribution is 0.0652. The lowest BCUT2D eigenvalue weighted by Gasteiger charge is -2.12. The molecule has 0 fully saturated rings. The number of carboxylic acid groups (broad SMARTS) is 1. The average Bonchev–Trinajstić information content (AvgIpc) is 2.78. The summed E-state index contributed by atoms with van der Waals surface area (Å²) in [7, 11) is 0. The van der Waals surface area contributed by atoms with Crippen LogP contribution in [0.4, 0.5) is 0 Å². The number of aromatic hydroxyl groups is 1. The van der Waals surface area contributed by atoms with Crippen LogP contribution in [0, 0.1) is 0 Å². The molecule has 0 atom stereocenters. The van der Waals surface area contributed by atoms with Crippen LogP contribution in [-0.4, -0.2) is 21.3 Å². The molecule has 5 heteroatoms. The van der Waals surface area contributed by atoms with Gasteiger partial charge in [0.2, 0.25) is 5.76 Å². The van der Waals surface area contributed by atoms with E-state index in [1.54, 1.807) is 6.07 Å². The molecule has 3 rings (SSSR count). The van der Waals surface area contributed by atoms with E-state index in [-0.39, 0.29) is 11.5 Å². The first-order valence-corrected chi connectivity index (χ1v) is 6.71. The second-order valence-corrected chi connectivity index (χ2v) is 5.04. The molecule has 0 bridgehead atoms. The normalized spacial score (nSPS) is 14.6. The molecule has 1 aromatic carbocycles. The Balaban J connectivity index is 2.14. The number of carbonyl (C=O) groups is 1. The third-order valence-electron chi connectivity index (χ3n) is 3.74. The van der Waals surface area contributed by atoms with E-state index in [9.17, 15) is 9.90 Å². The highest BCUT2D eigenvalue weighted by Gasteiger charge is 2.21. The number of phenolic OH excluding ortho intramolecular Hbond substituents is 1.